The first kappa shape index (κ1) is 11.1. The summed E-state index contributed by atoms with van der Waals surface area (Å²) < 4.78 is 2.51. The quantitative estimate of drug-likeness (QED) is 0.671. The van der Waals surface area contributed by atoms with E-state index in [1.807, 2.05) is 6.07 Å². The van der Waals surface area contributed by atoms with Crippen LogP contribution in [-0.4, -0.2) is 9.97 Å². The van der Waals surface area contributed by atoms with Crippen molar-refractivity contribution in [1.82, 2.24) is 9.97 Å². The first-order valence-corrected chi connectivity index (χ1v) is 6.25. The lowest BCUT2D eigenvalue weighted by atomic mass is 10.2. The second-order valence-corrected chi connectivity index (χ2v) is 5.35. The molecule has 1 heterocycles. The topological polar surface area (TPSA) is 77.8 Å². The van der Waals surface area contributed by atoms with Gasteiger partial charge in [0.25, 0.3) is 0 Å². The standard InChI is InChI=1S/C8H5Br3N4/c9-2-1-3(10)6-4(5(2)11)7(12)15-8(13)14-6/h1H,(H4,12,13,14,15). The van der Waals surface area contributed by atoms with Crippen LogP contribution >= 0.6 is 47.8 Å². The molecule has 0 fully saturated rings. The Bertz CT molecular complexity index is 555. The van der Waals surface area contributed by atoms with E-state index >= 15 is 0 Å². The molecule has 0 aliphatic heterocycles. The van der Waals surface area contributed by atoms with Crippen LogP contribution in [0.3, 0.4) is 0 Å². The number of anilines is 2. The predicted molar refractivity (Wildman–Crippen MR) is 71.5 cm³/mol. The monoisotopic (exact) mass is 394 g/mol. The van der Waals surface area contributed by atoms with Gasteiger partial charge in [-0.3, -0.25) is 0 Å². The number of benzene rings is 1. The fourth-order valence-corrected chi connectivity index (χ4v) is 3.00. The van der Waals surface area contributed by atoms with Crippen LogP contribution in [0, 0.1) is 0 Å². The van der Waals surface area contributed by atoms with Crippen LogP contribution in [0.4, 0.5) is 11.8 Å². The van der Waals surface area contributed by atoms with Crippen molar-refractivity contribution in [3.8, 4) is 0 Å². The summed E-state index contributed by atoms with van der Waals surface area (Å²) >= 11 is 10.2. The van der Waals surface area contributed by atoms with Gasteiger partial charge in [0, 0.05) is 13.4 Å². The van der Waals surface area contributed by atoms with Crippen molar-refractivity contribution in [1.29, 1.82) is 0 Å². The Morgan fingerprint density at radius 1 is 1.00 bits per heavy atom. The van der Waals surface area contributed by atoms with Gasteiger partial charge in [0.2, 0.25) is 5.95 Å². The van der Waals surface area contributed by atoms with Crippen molar-refractivity contribution in [2.24, 2.45) is 0 Å². The lowest BCUT2D eigenvalue weighted by Crippen LogP contribution is -2.01. The average Bonchev–Trinajstić information content (AvgIpc) is 2.13. The van der Waals surface area contributed by atoms with E-state index in [-0.39, 0.29) is 5.95 Å². The van der Waals surface area contributed by atoms with Crippen LogP contribution in [0.25, 0.3) is 10.9 Å². The third-order valence-corrected chi connectivity index (χ3v) is 4.45. The van der Waals surface area contributed by atoms with Gasteiger partial charge in [-0.05, 0) is 53.9 Å². The molecule has 4 N–H and O–H groups in total. The van der Waals surface area contributed by atoms with E-state index in [1.54, 1.807) is 0 Å². The molecule has 0 saturated heterocycles. The van der Waals surface area contributed by atoms with E-state index in [4.69, 9.17) is 11.5 Å². The zero-order valence-electron chi connectivity index (χ0n) is 7.26. The Kier molecular flexibility index (Phi) is 2.87. The van der Waals surface area contributed by atoms with E-state index in [9.17, 15) is 0 Å². The van der Waals surface area contributed by atoms with E-state index in [0.717, 1.165) is 18.8 Å². The van der Waals surface area contributed by atoms with Crippen LogP contribution in [0.15, 0.2) is 19.5 Å². The van der Waals surface area contributed by atoms with Crippen LogP contribution in [0.2, 0.25) is 0 Å². The van der Waals surface area contributed by atoms with Crippen LogP contribution in [0.5, 0.6) is 0 Å². The molecule has 0 spiro atoms. The lowest BCUT2D eigenvalue weighted by Gasteiger charge is -2.07. The molecule has 0 bridgehead atoms. The van der Waals surface area contributed by atoms with Gasteiger partial charge in [0.15, 0.2) is 0 Å². The number of nitrogen functional groups attached to an aromatic ring is 2. The molecule has 15 heavy (non-hydrogen) atoms. The van der Waals surface area contributed by atoms with E-state index in [1.165, 1.54) is 0 Å². The molecule has 0 aliphatic rings. The first-order valence-electron chi connectivity index (χ1n) is 3.87. The molecular weight excluding hydrogens is 392 g/mol. The summed E-state index contributed by atoms with van der Waals surface area (Å²) in [4.78, 5) is 8.04. The molecule has 0 aliphatic carbocycles. The number of rotatable bonds is 0. The highest BCUT2D eigenvalue weighted by atomic mass is 79.9. The molecule has 0 unspecified atom stereocenters. The molecule has 2 rings (SSSR count). The molecule has 2 aromatic rings. The summed E-state index contributed by atoms with van der Waals surface area (Å²) in [6.45, 7) is 0. The highest BCUT2D eigenvalue weighted by Crippen LogP contribution is 2.37. The van der Waals surface area contributed by atoms with Crippen molar-refractivity contribution in [2.45, 2.75) is 0 Å². The predicted octanol–water partition coefficient (Wildman–Crippen LogP) is 3.08. The number of nitrogens with two attached hydrogens (primary N) is 2. The molecule has 0 atom stereocenters. The Morgan fingerprint density at radius 2 is 1.67 bits per heavy atom. The Hall–Kier alpha value is -0.400. The SMILES string of the molecule is Nc1nc(N)c2c(Br)c(Br)cc(Br)c2n1. The maximum absolute atomic E-state index is 5.79. The molecule has 7 heteroatoms. The second kappa shape index (κ2) is 3.88. The molecule has 1 aromatic heterocycles. The minimum atomic E-state index is 0.162. The number of fused-ring (bicyclic) bond motifs is 1. The third-order valence-electron chi connectivity index (χ3n) is 1.86. The molecule has 0 saturated carbocycles. The maximum Gasteiger partial charge on any atom is 0.222 e. The number of aromatic nitrogens is 2. The van der Waals surface area contributed by atoms with Gasteiger partial charge >= 0.3 is 0 Å². The third kappa shape index (κ3) is 1.83. The second-order valence-electron chi connectivity index (χ2n) is 2.84. The smallest absolute Gasteiger partial charge is 0.222 e. The normalized spacial score (nSPS) is 10.9. The minimum absolute atomic E-state index is 0.162. The van der Waals surface area contributed by atoms with Crippen molar-refractivity contribution in [3.63, 3.8) is 0 Å². The molecular formula is C8H5Br3N4. The van der Waals surface area contributed by atoms with Gasteiger partial charge in [-0.25, -0.2) is 4.98 Å². The van der Waals surface area contributed by atoms with Gasteiger partial charge in [-0.15, -0.1) is 0 Å². The zero-order valence-corrected chi connectivity index (χ0v) is 12.0. The summed E-state index contributed by atoms with van der Waals surface area (Å²) in [6, 6.07) is 1.87. The van der Waals surface area contributed by atoms with Gasteiger partial charge in [-0.2, -0.15) is 4.98 Å². The van der Waals surface area contributed by atoms with E-state index in [0.29, 0.717) is 11.3 Å². The number of halogens is 3. The van der Waals surface area contributed by atoms with E-state index < -0.39 is 0 Å². The first-order chi connectivity index (χ1) is 7.00. The van der Waals surface area contributed by atoms with Crippen LogP contribution in [-0.2, 0) is 0 Å². The van der Waals surface area contributed by atoms with Crippen LogP contribution < -0.4 is 11.5 Å². The van der Waals surface area contributed by atoms with E-state index in [2.05, 4.69) is 57.8 Å². The van der Waals surface area contributed by atoms with Crippen molar-refractivity contribution >= 4 is 70.5 Å². The summed E-state index contributed by atoms with van der Waals surface area (Å²) in [7, 11) is 0. The average molecular weight is 397 g/mol. The molecule has 0 radical (unpaired) electrons. The summed E-state index contributed by atoms with van der Waals surface area (Å²) in [5.74, 6) is 0.515. The van der Waals surface area contributed by atoms with Gasteiger partial charge in [0.1, 0.15) is 5.82 Å². The Balaban J connectivity index is 3.03. The summed E-state index contributed by atoms with van der Waals surface area (Å²) in [5, 5.41) is 0.741. The molecule has 78 valence electrons. The molecule has 0 amide bonds. The molecule has 1 aromatic carbocycles. The van der Waals surface area contributed by atoms with Gasteiger partial charge < -0.3 is 11.5 Å². The summed E-state index contributed by atoms with van der Waals surface area (Å²) in [6.07, 6.45) is 0. The van der Waals surface area contributed by atoms with Crippen molar-refractivity contribution < 1.29 is 0 Å². The molecule has 4 nitrogen and oxygen atoms in total. The largest absolute Gasteiger partial charge is 0.383 e. The fourth-order valence-electron chi connectivity index (χ4n) is 1.25. The fraction of sp³-hybridized carbons (Fsp3) is 0. The number of hydrogen-bond donors (Lipinski definition) is 2. The number of hydrogen-bond acceptors (Lipinski definition) is 4. The highest BCUT2D eigenvalue weighted by molar-refractivity contribution is 9.13. The van der Waals surface area contributed by atoms with Crippen molar-refractivity contribution in [2.75, 3.05) is 11.5 Å². The highest BCUT2D eigenvalue weighted by Gasteiger charge is 2.13. The Morgan fingerprint density at radius 3 is 2.33 bits per heavy atom. The van der Waals surface area contributed by atoms with Crippen molar-refractivity contribution in [3.05, 3.63) is 19.5 Å². The zero-order chi connectivity index (χ0) is 11.2. The Labute approximate surface area is 111 Å². The summed E-state index contributed by atoms with van der Waals surface area (Å²) in [5.41, 5.74) is 12.0. The van der Waals surface area contributed by atoms with Gasteiger partial charge in [0.05, 0.1) is 10.9 Å². The minimum Gasteiger partial charge on any atom is -0.383 e. The lowest BCUT2D eigenvalue weighted by molar-refractivity contribution is 1.24. The number of nitrogens with zero attached hydrogens (tertiary/aromatic N) is 2. The van der Waals surface area contributed by atoms with Crippen LogP contribution in [0.1, 0.15) is 0 Å². The maximum atomic E-state index is 5.79. The van der Waals surface area contributed by atoms with Gasteiger partial charge in [-0.1, -0.05) is 0 Å².